The Morgan fingerprint density at radius 3 is 2.12 bits per heavy atom. The summed E-state index contributed by atoms with van der Waals surface area (Å²) in [5.74, 6) is -0.502. The summed E-state index contributed by atoms with van der Waals surface area (Å²) in [5.41, 5.74) is 1.04. The maximum atomic E-state index is 13.5. The number of likely N-dealkylation sites (tertiary alicyclic amines) is 1. The summed E-state index contributed by atoms with van der Waals surface area (Å²) in [7, 11) is 1.54. The van der Waals surface area contributed by atoms with E-state index in [9.17, 15) is 14.7 Å². The smallest absolute Gasteiger partial charge is 0.295 e. The molecular formula is C27H34N2O5. The van der Waals surface area contributed by atoms with Crippen LogP contribution in [0.15, 0.2) is 54.1 Å². The number of nitrogens with one attached hydrogen (secondary N) is 1. The highest BCUT2D eigenvalue weighted by atomic mass is 16.5. The van der Waals surface area contributed by atoms with Gasteiger partial charge >= 0.3 is 0 Å². The van der Waals surface area contributed by atoms with Crippen LogP contribution in [-0.2, 0) is 9.59 Å². The molecule has 1 saturated heterocycles. The molecule has 7 heteroatoms. The molecule has 34 heavy (non-hydrogen) atoms. The van der Waals surface area contributed by atoms with Gasteiger partial charge in [0.2, 0.25) is 5.78 Å². The van der Waals surface area contributed by atoms with Crippen molar-refractivity contribution in [1.29, 1.82) is 0 Å². The van der Waals surface area contributed by atoms with Gasteiger partial charge in [0.15, 0.2) is 0 Å². The Morgan fingerprint density at radius 1 is 1.00 bits per heavy atom. The molecule has 2 aromatic carbocycles. The first-order valence-corrected chi connectivity index (χ1v) is 11.8. The number of ether oxygens (including phenoxy) is 2. The molecule has 1 fully saturated rings. The van der Waals surface area contributed by atoms with E-state index in [0.29, 0.717) is 35.7 Å². The fourth-order valence-corrected chi connectivity index (χ4v) is 4.23. The van der Waals surface area contributed by atoms with Crippen LogP contribution in [0, 0.1) is 0 Å². The summed E-state index contributed by atoms with van der Waals surface area (Å²) >= 11 is 0. The van der Waals surface area contributed by atoms with E-state index in [0.717, 1.165) is 13.1 Å². The minimum absolute atomic E-state index is 0.0118. The lowest BCUT2D eigenvalue weighted by atomic mass is 9.95. The summed E-state index contributed by atoms with van der Waals surface area (Å²) in [6.07, 6.45) is 0.0211. The summed E-state index contributed by atoms with van der Waals surface area (Å²) < 4.78 is 10.9. The average Bonchev–Trinajstić information content (AvgIpc) is 3.09. The Bertz CT molecular complexity index is 1020. The molecule has 0 radical (unpaired) electrons. The molecule has 0 aromatic heterocycles. The van der Waals surface area contributed by atoms with Gasteiger partial charge in [-0.3, -0.25) is 9.59 Å². The second-order valence-electron chi connectivity index (χ2n) is 8.64. The fraction of sp³-hybridized carbons (Fsp3) is 0.407. The molecule has 0 spiro atoms. The number of ketones is 1. The summed E-state index contributed by atoms with van der Waals surface area (Å²) in [5, 5.41) is 13.5. The maximum Gasteiger partial charge on any atom is 0.295 e. The molecule has 0 bridgehead atoms. The topological polar surface area (TPSA) is 83.3 Å². The van der Waals surface area contributed by atoms with Crippen molar-refractivity contribution in [3.8, 4) is 11.5 Å². The van der Waals surface area contributed by atoms with Crippen molar-refractivity contribution in [3.05, 3.63) is 65.2 Å². The number of amides is 1. The first kappa shape index (κ1) is 25.3. The van der Waals surface area contributed by atoms with Crippen LogP contribution in [0.25, 0.3) is 5.76 Å². The Labute approximate surface area is 201 Å². The number of hydrogen-bond donors (Lipinski definition) is 1. The van der Waals surface area contributed by atoms with E-state index in [-0.39, 0.29) is 11.7 Å². The highest BCUT2D eigenvalue weighted by Gasteiger charge is 2.44. The van der Waals surface area contributed by atoms with E-state index in [1.54, 1.807) is 36.3 Å². The lowest BCUT2D eigenvalue weighted by Crippen LogP contribution is -3.12. The van der Waals surface area contributed by atoms with Crippen LogP contribution in [-0.4, -0.2) is 56.0 Å². The maximum absolute atomic E-state index is 13.5. The van der Waals surface area contributed by atoms with Crippen molar-refractivity contribution in [2.24, 2.45) is 0 Å². The number of methoxy groups -OCH3 is 1. The first-order valence-electron chi connectivity index (χ1n) is 11.8. The van der Waals surface area contributed by atoms with Crippen LogP contribution in [0.4, 0.5) is 0 Å². The normalized spacial score (nSPS) is 17.6. The van der Waals surface area contributed by atoms with Crippen LogP contribution in [0.3, 0.4) is 0 Å². The molecule has 1 atom stereocenters. The molecule has 7 nitrogen and oxygen atoms in total. The van der Waals surface area contributed by atoms with Gasteiger partial charge in [-0.15, -0.1) is 0 Å². The first-order chi connectivity index (χ1) is 16.3. The third-order valence-corrected chi connectivity index (χ3v) is 6.16. The van der Waals surface area contributed by atoms with Crippen molar-refractivity contribution in [2.75, 3.05) is 33.3 Å². The molecule has 3 rings (SSSR count). The minimum atomic E-state index is -0.738. The van der Waals surface area contributed by atoms with Gasteiger partial charge in [-0.25, -0.2) is 0 Å². The summed E-state index contributed by atoms with van der Waals surface area (Å²) in [6.45, 7) is 11.0. The number of rotatable bonds is 10. The fourth-order valence-electron chi connectivity index (χ4n) is 4.23. The lowest BCUT2D eigenvalue weighted by Gasteiger charge is -2.28. The molecule has 0 aliphatic carbocycles. The molecule has 182 valence electrons. The number of likely N-dealkylation sites (N-methyl/N-ethyl adjacent to an activating group) is 1. The van der Waals surface area contributed by atoms with Gasteiger partial charge in [0.05, 0.1) is 45.4 Å². The zero-order chi connectivity index (χ0) is 24.8. The van der Waals surface area contributed by atoms with Crippen LogP contribution in [0.1, 0.15) is 44.9 Å². The van der Waals surface area contributed by atoms with E-state index in [1.165, 1.54) is 4.90 Å². The molecule has 1 heterocycles. The Kier molecular flexibility index (Phi) is 8.34. The zero-order valence-corrected chi connectivity index (χ0v) is 20.6. The van der Waals surface area contributed by atoms with Gasteiger partial charge in [0.25, 0.3) is 5.91 Å². The number of quaternary nitrogens is 1. The number of carbonyl (C=O) groups excluding carboxylic acids is 2. The zero-order valence-electron chi connectivity index (χ0n) is 20.6. The van der Waals surface area contributed by atoms with Crippen molar-refractivity contribution in [1.82, 2.24) is 4.90 Å². The highest BCUT2D eigenvalue weighted by molar-refractivity contribution is 6.46. The number of Topliss-reactive ketones (excluding diaryl/α,β-unsaturated/α-hetero) is 1. The van der Waals surface area contributed by atoms with Gasteiger partial charge in [-0.1, -0.05) is 30.0 Å². The van der Waals surface area contributed by atoms with E-state index in [4.69, 9.17) is 9.47 Å². The van der Waals surface area contributed by atoms with Crippen molar-refractivity contribution in [2.45, 2.75) is 39.8 Å². The van der Waals surface area contributed by atoms with Crippen LogP contribution in [0.5, 0.6) is 11.5 Å². The minimum Gasteiger partial charge on any atom is -0.872 e. The van der Waals surface area contributed by atoms with Crippen LogP contribution < -0.4 is 19.5 Å². The van der Waals surface area contributed by atoms with Crippen molar-refractivity contribution in [3.63, 3.8) is 0 Å². The predicted octanol–water partition coefficient (Wildman–Crippen LogP) is 1.63. The lowest BCUT2D eigenvalue weighted by molar-refractivity contribution is -0.895. The number of carbonyl (C=O) groups is 2. The highest BCUT2D eigenvalue weighted by Crippen LogP contribution is 2.39. The van der Waals surface area contributed by atoms with Gasteiger partial charge in [0, 0.05) is 5.57 Å². The van der Waals surface area contributed by atoms with E-state index in [2.05, 4.69) is 13.8 Å². The second kappa shape index (κ2) is 11.2. The van der Waals surface area contributed by atoms with Gasteiger partial charge in [0.1, 0.15) is 11.5 Å². The third kappa shape index (κ3) is 5.42. The number of nitrogens with zero attached hydrogens (tertiary/aromatic N) is 1. The molecule has 1 N–H and O–H groups in total. The SMILES string of the molecule is CC[NH+](CC)CCN1C(=O)C(=O)/C(=C(/[O-])c2ccc(OC)cc2)C1c1ccc(OC(C)C)cc1. The number of benzene rings is 2. The van der Waals surface area contributed by atoms with Crippen molar-refractivity contribution < 1.29 is 29.1 Å². The predicted molar refractivity (Wildman–Crippen MR) is 128 cm³/mol. The third-order valence-electron chi connectivity index (χ3n) is 6.16. The Balaban J connectivity index is 2.06. The molecule has 1 amide bonds. The number of hydrogen-bond acceptors (Lipinski definition) is 5. The molecule has 2 aromatic rings. The average molecular weight is 467 g/mol. The molecule has 1 aliphatic rings. The van der Waals surface area contributed by atoms with Gasteiger partial charge < -0.3 is 24.4 Å². The van der Waals surface area contributed by atoms with E-state index >= 15 is 0 Å². The quantitative estimate of drug-likeness (QED) is 0.327. The Morgan fingerprint density at radius 2 is 1.59 bits per heavy atom. The molecule has 1 aliphatic heterocycles. The van der Waals surface area contributed by atoms with Gasteiger partial charge in [-0.05, 0) is 63.1 Å². The van der Waals surface area contributed by atoms with Crippen LogP contribution >= 0.6 is 0 Å². The standard InChI is InChI=1S/C27H34N2O5/c1-6-28(7-2)16-17-29-24(19-8-14-22(15-9-19)34-18(3)4)23(26(31)27(29)32)25(30)20-10-12-21(33-5)13-11-20/h8-15,18,24,30H,6-7,16-17H2,1-5H3/b25-23+. The van der Waals surface area contributed by atoms with E-state index in [1.807, 2.05) is 38.1 Å². The molecular weight excluding hydrogens is 432 g/mol. The van der Waals surface area contributed by atoms with Crippen molar-refractivity contribution >= 4 is 17.4 Å². The summed E-state index contributed by atoms with van der Waals surface area (Å²) in [4.78, 5) is 29.1. The molecule has 0 saturated carbocycles. The second-order valence-corrected chi connectivity index (χ2v) is 8.64. The largest absolute Gasteiger partial charge is 0.872 e. The molecule has 1 unspecified atom stereocenters. The van der Waals surface area contributed by atoms with E-state index < -0.39 is 23.5 Å². The summed E-state index contributed by atoms with van der Waals surface area (Å²) in [6, 6.07) is 13.1. The monoisotopic (exact) mass is 466 g/mol. The van der Waals surface area contributed by atoms with Gasteiger partial charge in [-0.2, -0.15) is 0 Å². The van der Waals surface area contributed by atoms with Crippen LogP contribution in [0.2, 0.25) is 0 Å². The Hall–Kier alpha value is -3.32.